The van der Waals surface area contributed by atoms with Gasteiger partial charge in [0.1, 0.15) is 6.20 Å². The minimum absolute atomic E-state index is 0.195. The molecule has 0 saturated heterocycles. The lowest BCUT2D eigenvalue weighted by molar-refractivity contribution is -0.394. The molecule has 0 aliphatic rings. The maximum Gasteiger partial charge on any atom is 0.342 e. The summed E-state index contributed by atoms with van der Waals surface area (Å²) in [4.78, 5) is 34.3. The summed E-state index contributed by atoms with van der Waals surface area (Å²) < 4.78 is 6.57. The first-order chi connectivity index (χ1) is 11.3. The topological polar surface area (TPSA) is 156 Å². The van der Waals surface area contributed by atoms with Gasteiger partial charge in [0.25, 0.3) is 5.69 Å². The highest BCUT2D eigenvalue weighted by molar-refractivity contribution is 5.53. The van der Waals surface area contributed by atoms with E-state index in [-0.39, 0.29) is 30.5 Å². The molecule has 0 unspecified atom stereocenters. The van der Waals surface area contributed by atoms with Crippen LogP contribution in [0.1, 0.15) is 12.7 Å². The third kappa shape index (κ3) is 3.26. The molecule has 0 radical (unpaired) electrons. The Morgan fingerprint density at radius 2 is 1.83 bits per heavy atom. The van der Waals surface area contributed by atoms with Crippen molar-refractivity contribution in [1.29, 1.82) is 0 Å². The summed E-state index contributed by atoms with van der Waals surface area (Å²) in [5.41, 5.74) is -1.02. The fourth-order valence-electron chi connectivity index (χ4n) is 2.04. The molecule has 0 saturated carbocycles. The highest BCUT2D eigenvalue weighted by atomic mass is 16.6. The lowest BCUT2D eigenvalue weighted by Crippen LogP contribution is -2.09. The molecule has 1 heterocycles. The second-order valence-electron chi connectivity index (χ2n) is 4.49. The van der Waals surface area contributed by atoms with Gasteiger partial charge in [0, 0.05) is 6.07 Å². The lowest BCUT2D eigenvalue weighted by Gasteiger charge is -2.06. The molecule has 0 N–H and O–H groups in total. The third-order valence-corrected chi connectivity index (χ3v) is 3.13. The van der Waals surface area contributed by atoms with Crippen molar-refractivity contribution in [2.24, 2.45) is 0 Å². The van der Waals surface area contributed by atoms with Crippen molar-refractivity contribution >= 4 is 17.2 Å². The third-order valence-electron chi connectivity index (χ3n) is 3.13. The normalized spacial score (nSPS) is 10.4. The van der Waals surface area contributed by atoms with Gasteiger partial charge in [-0.3, -0.25) is 20.2 Å². The van der Waals surface area contributed by atoms with Gasteiger partial charge in [-0.1, -0.05) is 0 Å². The maximum atomic E-state index is 11.0. The van der Waals surface area contributed by atoms with E-state index in [1.54, 1.807) is 6.92 Å². The molecule has 0 bridgehead atoms. The van der Waals surface area contributed by atoms with Crippen LogP contribution in [0.4, 0.5) is 17.2 Å². The first kappa shape index (κ1) is 16.8. The van der Waals surface area contributed by atoms with Crippen LogP contribution in [0.2, 0.25) is 0 Å². The Kier molecular flexibility index (Phi) is 4.68. The van der Waals surface area contributed by atoms with Gasteiger partial charge in [0.05, 0.1) is 22.5 Å². The lowest BCUT2D eigenvalue weighted by atomic mass is 10.2. The second kappa shape index (κ2) is 6.68. The number of non-ortho nitro benzene ring substituents is 1. The molecule has 0 aliphatic carbocycles. The van der Waals surface area contributed by atoms with Crippen LogP contribution in [-0.4, -0.2) is 24.3 Å². The zero-order valence-electron chi connectivity index (χ0n) is 12.3. The van der Waals surface area contributed by atoms with Crippen LogP contribution in [0.3, 0.4) is 0 Å². The highest BCUT2D eigenvalue weighted by Crippen LogP contribution is 2.31. The number of ether oxygens (including phenoxy) is 1. The first-order valence-electron chi connectivity index (χ1n) is 6.59. The fraction of sp³-hybridized carbons (Fsp3) is 0.250. The smallest absolute Gasteiger partial charge is 0.342 e. The summed E-state index contributed by atoms with van der Waals surface area (Å²) in [5.74, 6) is -0.218. The van der Waals surface area contributed by atoms with Crippen molar-refractivity contribution in [2.75, 3.05) is 0 Å². The molecule has 1 aromatic heterocycles. The van der Waals surface area contributed by atoms with E-state index in [4.69, 9.17) is 4.74 Å². The zero-order chi connectivity index (χ0) is 17.9. The predicted octanol–water partition coefficient (Wildman–Crippen LogP) is 2.21. The van der Waals surface area contributed by atoms with Crippen molar-refractivity contribution < 1.29 is 19.5 Å². The van der Waals surface area contributed by atoms with Gasteiger partial charge >= 0.3 is 11.5 Å². The van der Waals surface area contributed by atoms with E-state index in [2.05, 4.69) is 4.98 Å². The SMILES string of the molecule is CCn1c([N+](=O)[O-])cnc1COc1ccc([N+](=O)[O-])cc1[N+](=O)[O-]. The summed E-state index contributed by atoms with van der Waals surface area (Å²) in [6, 6.07) is 2.95. The van der Waals surface area contributed by atoms with Gasteiger partial charge in [0.15, 0.2) is 12.4 Å². The molecule has 1 aromatic carbocycles. The number of rotatable bonds is 7. The number of benzene rings is 1. The molecule has 0 atom stereocenters. The molecular weight excluding hydrogens is 326 g/mol. The van der Waals surface area contributed by atoms with E-state index >= 15 is 0 Å². The van der Waals surface area contributed by atoms with Gasteiger partial charge < -0.3 is 14.9 Å². The minimum Gasteiger partial charge on any atom is -0.476 e. The minimum atomic E-state index is -0.808. The van der Waals surface area contributed by atoms with Crippen molar-refractivity contribution in [3.63, 3.8) is 0 Å². The number of aromatic nitrogens is 2. The van der Waals surface area contributed by atoms with E-state index in [1.165, 1.54) is 4.57 Å². The largest absolute Gasteiger partial charge is 0.476 e. The highest BCUT2D eigenvalue weighted by Gasteiger charge is 2.23. The van der Waals surface area contributed by atoms with Gasteiger partial charge in [-0.2, -0.15) is 0 Å². The van der Waals surface area contributed by atoms with Crippen LogP contribution in [0.15, 0.2) is 24.4 Å². The average molecular weight is 337 g/mol. The predicted molar refractivity (Wildman–Crippen MR) is 78.6 cm³/mol. The average Bonchev–Trinajstić information content (AvgIpc) is 2.95. The van der Waals surface area contributed by atoms with Crippen molar-refractivity contribution in [3.05, 3.63) is 60.6 Å². The van der Waals surface area contributed by atoms with Crippen LogP contribution in [-0.2, 0) is 13.2 Å². The van der Waals surface area contributed by atoms with Gasteiger partial charge in [-0.15, -0.1) is 0 Å². The molecule has 2 aromatic rings. The zero-order valence-corrected chi connectivity index (χ0v) is 12.3. The Bertz CT molecular complexity index is 816. The van der Waals surface area contributed by atoms with E-state index < -0.39 is 26.1 Å². The standard InChI is InChI=1S/C12H11N5O7/c1-2-14-11(13-6-12(14)17(22)23)7-24-10-4-3-8(15(18)19)5-9(10)16(20)21/h3-6H,2,7H2,1H3. The van der Waals surface area contributed by atoms with Crippen LogP contribution in [0, 0.1) is 30.3 Å². The van der Waals surface area contributed by atoms with Crippen LogP contribution in [0.5, 0.6) is 5.75 Å². The molecule has 0 spiro atoms. The molecule has 0 aliphatic heterocycles. The van der Waals surface area contributed by atoms with Gasteiger partial charge in [-0.25, -0.2) is 9.55 Å². The Balaban J connectivity index is 2.28. The van der Waals surface area contributed by atoms with Crippen LogP contribution < -0.4 is 4.74 Å². The number of hydrogen-bond donors (Lipinski definition) is 0. The van der Waals surface area contributed by atoms with Crippen LogP contribution >= 0.6 is 0 Å². The number of nitro groups is 3. The first-order valence-corrected chi connectivity index (χ1v) is 6.59. The second-order valence-corrected chi connectivity index (χ2v) is 4.49. The Labute approximate surface area is 133 Å². The summed E-state index contributed by atoms with van der Waals surface area (Å²) in [5, 5.41) is 32.6. The van der Waals surface area contributed by atoms with Crippen LogP contribution in [0.25, 0.3) is 0 Å². The van der Waals surface area contributed by atoms with E-state index in [0.29, 0.717) is 0 Å². The Morgan fingerprint density at radius 1 is 1.12 bits per heavy atom. The molecule has 24 heavy (non-hydrogen) atoms. The number of hydrogen-bond acceptors (Lipinski definition) is 8. The Morgan fingerprint density at radius 3 is 2.38 bits per heavy atom. The van der Waals surface area contributed by atoms with E-state index in [1.807, 2.05) is 0 Å². The van der Waals surface area contributed by atoms with E-state index in [9.17, 15) is 30.3 Å². The molecule has 0 amide bonds. The molecule has 12 nitrogen and oxygen atoms in total. The molecular formula is C12H11N5O7. The summed E-state index contributed by atoms with van der Waals surface area (Å²) in [7, 11) is 0. The van der Waals surface area contributed by atoms with Crippen molar-refractivity contribution in [3.8, 4) is 5.75 Å². The number of imidazole rings is 1. The molecule has 126 valence electrons. The Hall–Kier alpha value is -3.57. The maximum absolute atomic E-state index is 11.0. The monoisotopic (exact) mass is 337 g/mol. The van der Waals surface area contributed by atoms with Gasteiger partial charge in [-0.05, 0) is 17.9 Å². The summed E-state index contributed by atoms with van der Waals surface area (Å²) in [6.07, 6.45) is 1.06. The number of nitrogens with zero attached hydrogens (tertiary/aromatic N) is 5. The fourth-order valence-corrected chi connectivity index (χ4v) is 2.04. The van der Waals surface area contributed by atoms with Crippen molar-refractivity contribution in [2.45, 2.75) is 20.1 Å². The molecule has 2 rings (SSSR count). The number of nitro benzene ring substituents is 2. The van der Waals surface area contributed by atoms with Gasteiger partial charge in [0.2, 0.25) is 5.82 Å². The molecule has 0 fully saturated rings. The quantitative estimate of drug-likeness (QED) is 0.549. The van der Waals surface area contributed by atoms with E-state index in [0.717, 1.165) is 24.4 Å². The summed E-state index contributed by atoms with van der Waals surface area (Å²) in [6.45, 7) is 1.67. The molecule has 12 heteroatoms. The summed E-state index contributed by atoms with van der Waals surface area (Å²) >= 11 is 0. The van der Waals surface area contributed by atoms with Crippen molar-refractivity contribution in [1.82, 2.24) is 9.55 Å².